The molecular formula is C20H17N3O3S. The highest BCUT2D eigenvalue weighted by atomic mass is 32.2. The molecule has 0 spiro atoms. The molecule has 4 rings (SSSR count). The molecule has 0 unspecified atom stereocenters. The van der Waals surface area contributed by atoms with E-state index in [0.717, 1.165) is 20.8 Å². The van der Waals surface area contributed by atoms with E-state index in [2.05, 4.69) is 10.5 Å². The van der Waals surface area contributed by atoms with Crippen molar-refractivity contribution in [3.05, 3.63) is 71.8 Å². The van der Waals surface area contributed by atoms with Crippen molar-refractivity contribution in [1.29, 1.82) is 0 Å². The van der Waals surface area contributed by atoms with Crippen LogP contribution >= 0.6 is 0 Å². The molecule has 0 fully saturated rings. The van der Waals surface area contributed by atoms with E-state index in [4.69, 9.17) is 0 Å². The van der Waals surface area contributed by atoms with E-state index < -0.39 is 15.9 Å². The zero-order chi connectivity index (χ0) is 19.0. The predicted octanol–water partition coefficient (Wildman–Crippen LogP) is 2.81. The molecule has 1 heterocycles. The van der Waals surface area contributed by atoms with Crippen LogP contribution in [0.4, 0.5) is 5.69 Å². The Kier molecular flexibility index (Phi) is 4.16. The highest BCUT2D eigenvalue weighted by Crippen LogP contribution is 2.41. The Bertz CT molecular complexity index is 1160. The predicted molar refractivity (Wildman–Crippen MR) is 105 cm³/mol. The number of amides is 1. The molecule has 27 heavy (non-hydrogen) atoms. The van der Waals surface area contributed by atoms with E-state index in [9.17, 15) is 13.2 Å². The number of carbonyl (C=O) groups is 1. The van der Waals surface area contributed by atoms with Crippen LogP contribution in [0.5, 0.6) is 0 Å². The molecule has 0 radical (unpaired) electrons. The maximum Gasteiger partial charge on any atom is 0.265 e. The molecule has 3 aromatic carbocycles. The molecule has 0 bridgehead atoms. The van der Waals surface area contributed by atoms with Crippen molar-refractivity contribution in [3.63, 3.8) is 0 Å². The Morgan fingerprint density at radius 2 is 1.78 bits per heavy atom. The molecule has 1 N–H and O–H groups in total. The van der Waals surface area contributed by atoms with Gasteiger partial charge < -0.3 is 0 Å². The van der Waals surface area contributed by atoms with Gasteiger partial charge in [0.1, 0.15) is 6.54 Å². The molecule has 0 saturated carbocycles. The lowest BCUT2D eigenvalue weighted by Gasteiger charge is -2.17. The summed E-state index contributed by atoms with van der Waals surface area (Å²) in [7, 11) is -3.75. The van der Waals surface area contributed by atoms with Gasteiger partial charge in [0.25, 0.3) is 15.9 Å². The number of benzene rings is 3. The first-order valence-electron chi connectivity index (χ1n) is 8.40. The number of aryl methyl sites for hydroxylation is 1. The summed E-state index contributed by atoms with van der Waals surface area (Å²) in [5, 5.41) is 5.39. The first kappa shape index (κ1) is 17.2. The summed E-state index contributed by atoms with van der Waals surface area (Å²) in [4.78, 5) is 12.5. The SMILES string of the molecule is Cc1ccc(/C=N\NC(=O)CN2c3cccc4cccc(c34)S2(=O)=O)cc1. The Morgan fingerprint density at radius 1 is 1.07 bits per heavy atom. The highest BCUT2D eigenvalue weighted by molar-refractivity contribution is 7.93. The average Bonchev–Trinajstić information content (AvgIpc) is 2.87. The Labute approximate surface area is 157 Å². The monoisotopic (exact) mass is 379 g/mol. The zero-order valence-electron chi connectivity index (χ0n) is 14.6. The van der Waals surface area contributed by atoms with E-state index in [1.54, 1.807) is 24.3 Å². The summed E-state index contributed by atoms with van der Waals surface area (Å²) >= 11 is 0. The maximum atomic E-state index is 12.8. The second-order valence-corrected chi connectivity index (χ2v) is 8.18. The van der Waals surface area contributed by atoms with Crippen molar-refractivity contribution in [1.82, 2.24) is 5.43 Å². The molecule has 1 aliphatic heterocycles. The lowest BCUT2D eigenvalue weighted by Crippen LogP contribution is -2.37. The summed E-state index contributed by atoms with van der Waals surface area (Å²) in [6.07, 6.45) is 1.52. The first-order valence-corrected chi connectivity index (χ1v) is 9.84. The van der Waals surface area contributed by atoms with Gasteiger partial charge >= 0.3 is 0 Å². The van der Waals surface area contributed by atoms with Crippen LogP contribution in [-0.2, 0) is 14.8 Å². The number of hydrogen-bond donors (Lipinski definition) is 1. The van der Waals surface area contributed by atoms with E-state index in [1.165, 1.54) is 6.21 Å². The zero-order valence-corrected chi connectivity index (χ0v) is 15.4. The summed E-state index contributed by atoms with van der Waals surface area (Å²) in [6.45, 7) is 1.65. The van der Waals surface area contributed by atoms with Crippen LogP contribution in [0.25, 0.3) is 10.8 Å². The molecule has 0 atom stereocenters. The minimum Gasteiger partial charge on any atom is -0.271 e. The molecule has 1 aliphatic rings. The second-order valence-electron chi connectivity index (χ2n) is 6.35. The molecule has 6 nitrogen and oxygen atoms in total. The number of hydrazone groups is 1. The van der Waals surface area contributed by atoms with Crippen LogP contribution in [0.1, 0.15) is 11.1 Å². The number of nitrogens with zero attached hydrogens (tertiary/aromatic N) is 2. The number of carbonyl (C=O) groups excluding carboxylic acids is 1. The molecular weight excluding hydrogens is 362 g/mol. The van der Waals surface area contributed by atoms with Crippen LogP contribution in [0, 0.1) is 6.92 Å². The van der Waals surface area contributed by atoms with Crippen molar-refractivity contribution in [2.45, 2.75) is 11.8 Å². The molecule has 0 aromatic heterocycles. The maximum absolute atomic E-state index is 12.8. The van der Waals surface area contributed by atoms with Crippen LogP contribution in [0.15, 0.2) is 70.7 Å². The molecule has 3 aromatic rings. The summed E-state index contributed by atoms with van der Waals surface area (Å²) in [5.41, 5.74) is 4.88. The van der Waals surface area contributed by atoms with Gasteiger partial charge in [-0.3, -0.25) is 9.10 Å². The van der Waals surface area contributed by atoms with Gasteiger partial charge in [-0.2, -0.15) is 5.10 Å². The number of hydrogen-bond acceptors (Lipinski definition) is 4. The third kappa shape index (κ3) is 3.06. The lowest BCUT2D eigenvalue weighted by molar-refractivity contribution is -0.119. The van der Waals surface area contributed by atoms with Crippen molar-refractivity contribution in [3.8, 4) is 0 Å². The molecule has 136 valence electrons. The van der Waals surface area contributed by atoms with Gasteiger partial charge in [-0.15, -0.1) is 0 Å². The molecule has 1 amide bonds. The van der Waals surface area contributed by atoms with Crippen molar-refractivity contribution in [2.75, 3.05) is 10.8 Å². The van der Waals surface area contributed by atoms with Gasteiger partial charge in [0, 0.05) is 5.39 Å². The fourth-order valence-electron chi connectivity index (χ4n) is 3.13. The van der Waals surface area contributed by atoms with Crippen LogP contribution in [-0.4, -0.2) is 27.1 Å². The molecule has 7 heteroatoms. The Hall–Kier alpha value is -3.19. The van der Waals surface area contributed by atoms with E-state index in [1.807, 2.05) is 43.3 Å². The van der Waals surface area contributed by atoms with E-state index in [-0.39, 0.29) is 11.4 Å². The van der Waals surface area contributed by atoms with Gasteiger partial charge in [-0.1, -0.05) is 54.1 Å². The third-order valence-corrected chi connectivity index (χ3v) is 6.25. The number of rotatable bonds is 4. The normalized spacial score (nSPS) is 14.8. The van der Waals surface area contributed by atoms with Crippen LogP contribution in [0.2, 0.25) is 0 Å². The van der Waals surface area contributed by atoms with Gasteiger partial charge in [-0.25, -0.2) is 13.8 Å². The average molecular weight is 379 g/mol. The fraction of sp³-hybridized carbons (Fsp3) is 0.100. The van der Waals surface area contributed by atoms with Gasteiger partial charge in [0.2, 0.25) is 0 Å². The third-order valence-electron chi connectivity index (χ3n) is 4.45. The van der Waals surface area contributed by atoms with E-state index in [0.29, 0.717) is 11.1 Å². The van der Waals surface area contributed by atoms with Crippen molar-refractivity contribution in [2.24, 2.45) is 5.10 Å². The van der Waals surface area contributed by atoms with Crippen LogP contribution in [0.3, 0.4) is 0 Å². The lowest BCUT2D eigenvalue weighted by atomic mass is 10.1. The topological polar surface area (TPSA) is 78.8 Å². The number of nitrogens with one attached hydrogen (secondary N) is 1. The summed E-state index contributed by atoms with van der Waals surface area (Å²) in [5.74, 6) is -0.508. The summed E-state index contributed by atoms with van der Waals surface area (Å²) < 4.78 is 26.8. The standard InChI is InChI=1S/C20H17N3O3S/c1-14-8-10-15(11-9-14)12-21-22-19(24)13-23-17-6-2-4-16-5-3-7-18(20(16)17)27(23,25)26/h2-12H,13H2,1H3,(H,22,24)/b21-12-. The minimum absolute atomic E-state index is 0.228. The smallest absolute Gasteiger partial charge is 0.265 e. The number of sulfonamides is 1. The minimum atomic E-state index is -3.75. The fourth-order valence-corrected chi connectivity index (χ4v) is 4.79. The second kappa shape index (κ2) is 6.51. The Morgan fingerprint density at radius 3 is 2.52 bits per heavy atom. The van der Waals surface area contributed by atoms with Gasteiger partial charge in [0.05, 0.1) is 16.8 Å². The van der Waals surface area contributed by atoms with Gasteiger partial charge in [0.15, 0.2) is 0 Å². The first-order chi connectivity index (χ1) is 13.0. The van der Waals surface area contributed by atoms with Crippen LogP contribution < -0.4 is 9.73 Å². The molecule has 0 saturated heterocycles. The number of anilines is 1. The highest BCUT2D eigenvalue weighted by Gasteiger charge is 2.36. The van der Waals surface area contributed by atoms with Crippen molar-refractivity contribution >= 4 is 38.6 Å². The quantitative estimate of drug-likeness (QED) is 0.559. The Balaban J connectivity index is 1.54. The molecule has 0 aliphatic carbocycles. The van der Waals surface area contributed by atoms with Gasteiger partial charge in [-0.05, 0) is 30.0 Å². The van der Waals surface area contributed by atoms with Crippen molar-refractivity contribution < 1.29 is 13.2 Å². The summed E-state index contributed by atoms with van der Waals surface area (Å²) in [6, 6.07) is 18.1. The largest absolute Gasteiger partial charge is 0.271 e. The van der Waals surface area contributed by atoms with E-state index >= 15 is 0 Å².